The third kappa shape index (κ3) is 4.21. The molecule has 0 aliphatic heterocycles. The number of aryl methyl sites for hydroxylation is 3. The number of halogens is 3. The third-order valence-corrected chi connectivity index (χ3v) is 4.22. The van der Waals surface area contributed by atoms with Crippen LogP contribution < -0.4 is 10.5 Å². The van der Waals surface area contributed by atoms with Crippen LogP contribution in [0.2, 0.25) is 0 Å². The minimum absolute atomic E-state index is 0.0146. The van der Waals surface area contributed by atoms with Crippen LogP contribution in [0.4, 0.5) is 19.2 Å². The molecule has 0 bridgehead atoms. The average molecular weight is 377 g/mol. The summed E-state index contributed by atoms with van der Waals surface area (Å²) in [4.78, 5) is 0. The molecule has 0 unspecified atom stereocenters. The van der Waals surface area contributed by atoms with Gasteiger partial charge in [-0.2, -0.15) is 13.2 Å². The van der Waals surface area contributed by atoms with Crippen LogP contribution in [0, 0.1) is 6.92 Å². The van der Waals surface area contributed by atoms with E-state index in [-0.39, 0.29) is 6.01 Å². The number of aromatic nitrogens is 2. The van der Waals surface area contributed by atoms with E-state index in [4.69, 9.17) is 14.9 Å². The van der Waals surface area contributed by atoms with Gasteiger partial charge in [-0.05, 0) is 54.3 Å². The molecule has 1 heterocycles. The van der Waals surface area contributed by atoms with Gasteiger partial charge >= 0.3 is 12.2 Å². The molecule has 0 aliphatic carbocycles. The minimum Gasteiger partial charge on any atom is -0.496 e. The largest absolute Gasteiger partial charge is 0.496 e. The Labute approximate surface area is 154 Å². The lowest BCUT2D eigenvalue weighted by Crippen LogP contribution is -2.05. The summed E-state index contributed by atoms with van der Waals surface area (Å²) in [5.74, 6) is 1.01. The molecule has 0 amide bonds. The number of benzene rings is 2. The van der Waals surface area contributed by atoms with Gasteiger partial charge in [0.05, 0.1) is 12.7 Å². The summed E-state index contributed by atoms with van der Waals surface area (Å²) in [7, 11) is 1.53. The molecule has 0 saturated heterocycles. The van der Waals surface area contributed by atoms with Crippen molar-refractivity contribution < 1.29 is 22.3 Å². The second-order valence-electron chi connectivity index (χ2n) is 6.10. The van der Waals surface area contributed by atoms with Gasteiger partial charge in [0.15, 0.2) is 0 Å². The Bertz CT molecular complexity index is 952. The van der Waals surface area contributed by atoms with Crippen LogP contribution in [-0.2, 0) is 19.0 Å². The van der Waals surface area contributed by atoms with E-state index in [9.17, 15) is 13.2 Å². The first-order valence-corrected chi connectivity index (χ1v) is 8.21. The van der Waals surface area contributed by atoms with E-state index < -0.39 is 11.7 Å². The zero-order valence-corrected chi connectivity index (χ0v) is 14.8. The number of rotatable bonds is 5. The van der Waals surface area contributed by atoms with E-state index in [1.54, 1.807) is 13.0 Å². The van der Waals surface area contributed by atoms with Crippen LogP contribution in [0.3, 0.4) is 0 Å². The van der Waals surface area contributed by atoms with Crippen molar-refractivity contribution in [3.05, 3.63) is 59.0 Å². The summed E-state index contributed by atoms with van der Waals surface area (Å²) in [5.41, 5.74) is 7.63. The number of methoxy groups -OCH3 is 1. The normalized spacial score (nSPS) is 11.6. The topological polar surface area (TPSA) is 74.2 Å². The molecule has 3 aromatic rings. The van der Waals surface area contributed by atoms with Gasteiger partial charge in [-0.1, -0.05) is 17.2 Å². The van der Waals surface area contributed by atoms with Crippen molar-refractivity contribution in [1.82, 2.24) is 10.2 Å². The molecular weight excluding hydrogens is 359 g/mol. The Hall–Kier alpha value is -3.03. The fourth-order valence-corrected chi connectivity index (χ4v) is 2.88. The maximum atomic E-state index is 12.9. The summed E-state index contributed by atoms with van der Waals surface area (Å²) in [6.45, 7) is 1.65. The van der Waals surface area contributed by atoms with Gasteiger partial charge < -0.3 is 14.9 Å². The third-order valence-electron chi connectivity index (χ3n) is 4.22. The molecule has 8 heteroatoms. The van der Waals surface area contributed by atoms with Gasteiger partial charge in [-0.25, -0.2) is 0 Å². The van der Waals surface area contributed by atoms with Crippen molar-refractivity contribution in [3.63, 3.8) is 0 Å². The number of ether oxygens (including phenoxy) is 1. The lowest BCUT2D eigenvalue weighted by Gasteiger charge is -2.15. The van der Waals surface area contributed by atoms with Crippen molar-refractivity contribution in [2.45, 2.75) is 25.9 Å². The molecule has 142 valence electrons. The Kier molecular flexibility index (Phi) is 5.07. The van der Waals surface area contributed by atoms with Crippen LogP contribution >= 0.6 is 0 Å². The molecule has 2 N–H and O–H groups in total. The van der Waals surface area contributed by atoms with Gasteiger partial charge in [0.2, 0.25) is 5.89 Å². The lowest BCUT2D eigenvalue weighted by atomic mass is 9.95. The number of nitrogens with two attached hydrogens (primary N) is 1. The summed E-state index contributed by atoms with van der Waals surface area (Å²) < 4.78 is 49.3. The molecule has 5 nitrogen and oxygen atoms in total. The molecule has 0 atom stereocenters. The molecule has 3 rings (SSSR count). The van der Waals surface area contributed by atoms with Gasteiger partial charge in [0, 0.05) is 12.0 Å². The van der Waals surface area contributed by atoms with Crippen molar-refractivity contribution in [2.75, 3.05) is 12.8 Å². The maximum Gasteiger partial charge on any atom is 0.416 e. The van der Waals surface area contributed by atoms with Gasteiger partial charge in [0.1, 0.15) is 5.75 Å². The average Bonchev–Trinajstić information content (AvgIpc) is 3.04. The highest BCUT2D eigenvalue weighted by Crippen LogP contribution is 2.37. The molecular formula is C19H18F3N3O2. The zero-order chi connectivity index (χ0) is 19.6. The smallest absolute Gasteiger partial charge is 0.416 e. The predicted molar refractivity (Wildman–Crippen MR) is 94.3 cm³/mol. The standard InChI is InChI=1S/C19H18F3N3O2/c1-11-9-13(19(20,21)22)5-6-14(11)15-10-12(3-7-16(15)26-2)4-8-17-24-25-18(23)27-17/h3,5-7,9-10H,4,8H2,1-2H3,(H2,23,25). The summed E-state index contributed by atoms with van der Waals surface area (Å²) in [6.07, 6.45) is -3.26. The molecule has 2 aromatic carbocycles. The van der Waals surface area contributed by atoms with Crippen molar-refractivity contribution >= 4 is 6.01 Å². The monoisotopic (exact) mass is 377 g/mol. The molecule has 0 spiro atoms. The summed E-state index contributed by atoms with van der Waals surface area (Å²) >= 11 is 0. The second kappa shape index (κ2) is 7.30. The fraction of sp³-hybridized carbons (Fsp3) is 0.263. The summed E-state index contributed by atoms with van der Waals surface area (Å²) in [6, 6.07) is 9.29. The number of hydrogen-bond donors (Lipinski definition) is 1. The number of nitrogen functional groups attached to an aromatic ring is 1. The molecule has 1 aromatic heterocycles. The maximum absolute atomic E-state index is 12.9. The van der Waals surface area contributed by atoms with Gasteiger partial charge in [0.25, 0.3) is 0 Å². The molecule has 27 heavy (non-hydrogen) atoms. The zero-order valence-electron chi connectivity index (χ0n) is 14.8. The number of nitrogens with zero attached hydrogens (tertiary/aromatic N) is 2. The summed E-state index contributed by atoms with van der Waals surface area (Å²) in [5, 5.41) is 7.43. The first kappa shape index (κ1) is 18.8. The van der Waals surface area contributed by atoms with Gasteiger partial charge in [-0.15, -0.1) is 5.10 Å². The van der Waals surface area contributed by atoms with Crippen molar-refractivity contribution in [2.24, 2.45) is 0 Å². The molecule has 0 aliphatic rings. The predicted octanol–water partition coefficient (Wildman–Crippen LogP) is 4.44. The quantitative estimate of drug-likeness (QED) is 0.712. The minimum atomic E-state index is -4.37. The molecule has 0 saturated carbocycles. The lowest BCUT2D eigenvalue weighted by molar-refractivity contribution is -0.137. The first-order valence-electron chi connectivity index (χ1n) is 8.21. The number of hydrogen-bond acceptors (Lipinski definition) is 5. The van der Waals surface area contributed by atoms with E-state index in [2.05, 4.69) is 10.2 Å². The Morgan fingerprint density at radius 1 is 1.04 bits per heavy atom. The van der Waals surface area contributed by atoms with Crippen LogP contribution in [0.5, 0.6) is 5.75 Å². The Morgan fingerprint density at radius 3 is 2.41 bits per heavy atom. The first-order chi connectivity index (χ1) is 12.8. The van der Waals surface area contributed by atoms with Crippen molar-refractivity contribution in [3.8, 4) is 16.9 Å². The van der Waals surface area contributed by atoms with E-state index in [0.717, 1.165) is 23.3 Å². The highest BCUT2D eigenvalue weighted by atomic mass is 19.4. The van der Waals surface area contributed by atoms with E-state index in [1.165, 1.54) is 13.2 Å². The van der Waals surface area contributed by atoms with Gasteiger partial charge in [-0.3, -0.25) is 0 Å². The van der Waals surface area contributed by atoms with Crippen molar-refractivity contribution in [1.29, 1.82) is 0 Å². The molecule has 0 radical (unpaired) electrons. The Balaban J connectivity index is 1.92. The van der Waals surface area contributed by atoms with E-state index in [0.29, 0.717) is 35.6 Å². The van der Waals surface area contributed by atoms with Crippen LogP contribution in [0.1, 0.15) is 22.6 Å². The highest BCUT2D eigenvalue weighted by molar-refractivity contribution is 5.74. The SMILES string of the molecule is COc1ccc(CCc2nnc(N)o2)cc1-c1ccc(C(F)(F)F)cc1C. The molecule has 0 fully saturated rings. The Morgan fingerprint density at radius 2 is 1.81 bits per heavy atom. The van der Waals surface area contributed by atoms with Crippen LogP contribution in [0.15, 0.2) is 40.8 Å². The second-order valence-corrected chi connectivity index (χ2v) is 6.10. The van der Waals surface area contributed by atoms with Crippen LogP contribution in [0.25, 0.3) is 11.1 Å². The number of alkyl halides is 3. The highest BCUT2D eigenvalue weighted by Gasteiger charge is 2.30. The van der Waals surface area contributed by atoms with Crippen LogP contribution in [-0.4, -0.2) is 17.3 Å². The fourth-order valence-electron chi connectivity index (χ4n) is 2.88. The number of anilines is 1. The van der Waals surface area contributed by atoms with E-state index in [1.807, 2.05) is 12.1 Å². The van der Waals surface area contributed by atoms with E-state index >= 15 is 0 Å².